The topological polar surface area (TPSA) is 54.7 Å². The Labute approximate surface area is 131 Å². The van der Waals surface area contributed by atoms with Crippen LogP contribution in [0, 0.1) is 12.8 Å². The van der Waals surface area contributed by atoms with Crippen LogP contribution in [0.3, 0.4) is 0 Å². The van der Waals surface area contributed by atoms with Gasteiger partial charge in [-0.05, 0) is 38.3 Å². The fourth-order valence-electron chi connectivity index (χ4n) is 3.72. The van der Waals surface area contributed by atoms with Crippen LogP contribution >= 0.6 is 0 Å². The Morgan fingerprint density at radius 3 is 2.91 bits per heavy atom. The highest BCUT2D eigenvalue weighted by molar-refractivity contribution is 5.77. The average molecular weight is 304 g/mol. The molecule has 0 aromatic carbocycles. The molecule has 0 bridgehead atoms. The zero-order valence-electron chi connectivity index (χ0n) is 13.1. The fraction of sp³-hybridized carbons (Fsp3) is 0.706. The molecule has 120 valence electrons. The summed E-state index contributed by atoms with van der Waals surface area (Å²) < 4.78 is 11.7. The quantitative estimate of drug-likeness (QED) is 0.902. The third kappa shape index (κ3) is 3.20. The molecular formula is C17H24N2O3. The maximum Gasteiger partial charge on any atom is 0.222 e. The number of ether oxygens (including phenoxy) is 1. The molecule has 3 aliphatic rings. The molecule has 1 aliphatic carbocycles. The van der Waals surface area contributed by atoms with E-state index < -0.39 is 0 Å². The van der Waals surface area contributed by atoms with Gasteiger partial charge >= 0.3 is 0 Å². The van der Waals surface area contributed by atoms with Crippen molar-refractivity contribution in [2.24, 2.45) is 5.92 Å². The van der Waals surface area contributed by atoms with E-state index in [4.69, 9.17) is 9.15 Å². The van der Waals surface area contributed by atoms with Crippen LogP contribution < -0.4 is 5.32 Å². The Bertz CT molecular complexity index is 538. The second-order valence-corrected chi connectivity index (χ2v) is 7.04. The third-order valence-electron chi connectivity index (χ3n) is 4.92. The van der Waals surface area contributed by atoms with Gasteiger partial charge in [0.15, 0.2) is 0 Å². The van der Waals surface area contributed by atoms with E-state index >= 15 is 0 Å². The Balaban J connectivity index is 1.24. The van der Waals surface area contributed by atoms with Crippen molar-refractivity contribution in [1.82, 2.24) is 10.2 Å². The van der Waals surface area contributed by atoms with E-state index in [0.29, 0.717) is 18.4 Å². The van der Waals surface area contributed by atoms with Crippen molar-refractivity contribution in [3.63, 3.8) is 0 Å². The van der Waals surface area contributed by atoms with E-state index in [1.54, 1.807) is 0 Å². The van der Waals surface area contributed by atoms with Crippen LogP contribution in [0.5, 0.6) is 0 Å². The minimum Gasteiger partial charge on any atom is -0.465 e. The molecule has 1 amide bonds. The van der Waals surface area contributed by atoms with Gasteiger partial charge in [-0.25, -0.2) is 0 Å². The third-order valence-corrected chi connectivity index (χ3v) is 4.92. The molecule has 3 atom stereocenters. The number of rotatable bonds is 5. The number of carbonyl (C=O) groups excluding carboxylic acids is 1. The van der Waals surface area contributed by atoms with Crippen molar-refractivity contribution in [1.29, 1.82) is 0 Å². The molecule has 5 heteroatoms. The van der Waals surface area contributed by atoms with E-state index in [9.17, 15) is 4.79 Å². The summed E-state index contributed by atoms with van der Waals surface area (Å²) in [7, 11) is 0. The molecule has 3 heterocycles. The van der Waals surface area contributed by atoms with Crippen LogP contribution in [0.1, 0.15) is 37.2 Å². The second-order valence-electron chi connectivity index (χ2n) is 7.04. The van der Waals surface area contributed by atoms with Crippen molar-refractivity contribution in [3.05, 3.63) is 23.7 Å². The lowest BCUT2D eigenvalue weighted by Gasteiger charge is -2.18. The zero-order chi connectivity index (χ0) is 15.1. The van der Waals surface area contributed by atoms with Gasteiger partial charge in [0, 0.05) is 25.0 Å². The maximum atomic E-state index is 11.9. The molecule has 4 rings (SSSR count). The predicted molar refractivity (Wildman–Crippen MR) is 81.3 cm³/mol. The molecule has 2 aliphatic heterocycles. The number of hydrogen-bond acceptors (Lipinski definition) is 4. The number of carbonyl (C=O) groups is 1. The Hall–Kier alpha value is -1.33. The fourth-order valence-corrected chi connectivity index (χ4v) is 3.72. The lowest BCUT2D eigenvalue weighted by atomic mass is 10.0. The minimum atomic E-state index is 0.113. The van der Waals surface area contributed by atoms with E-state index in [-0.39, 0.29) is 18.1 Å². The van der Waals surface area contributed by atoms with Gasteiger partial charge in [-0.15, -0.1) is 0 Å². The summed E-state index contributed by atoms with van der Waals surface area (Å²) in [6.07, 6.45) is 4.22. The van der Waals surface area contributed by atoms with Crippen LogP contribution in [0.25, 0.3) is 0 Å². The number of furan rings is 1. The van der Waals surface area contributed by atoms with Crippen LogP contribution in [0.15, 0.2) is 16.5 Å². The normalized spacial score (nSPS) is 31.4. The standard InChI is InChI=1S/C17H24N2O3/c1-11-2-5-14(21-11)9-19-8-12-6-15(22-16(12)10-19)7-17(20)18-13-3-4-13/h2,5,12-13,15-16H,3-4,6-10H2,1H3,(H,18,20)/t12-,15+,16+/m0/s1. The number of nitrogens with zero attached hydrogens (tertiary/aromatic N) is 1. The smallest absolute Gasteiger partial charge is 0.222 e. The molecular weight excluding hydrogens is 280 g/mol. The average Bonchev–Trinajstić information content (AvgIpc) is 2.85. The molecule has 3 fully saturated rings. The summed E-state index contributed by atoms with van der Waals surface area (Å²) >= 11 is 0. The van der Waals surface area contributed by atoms with E-state index in [1.807, 2.05) is 13.0 Å². The molecule has 1 aromatic heterocycles. The lowest BCUT2D eigenvalue weighted by Crippen LogP contribution is -2.30. The van der Waals surface area contributed by atoms with Gasteiger partial charge in [-0.3, -0.25) is 9.69 Å². The summed E-state index contributed by atoms with van der Waals surface area (Å²) in [5.74, 6) is 2.72. The van der Waals surface area contributed by atoms with Gasteiger partial charge in [0.2, 0.25) is 5.91 Å². The zero-order valence-corrected chi connectivity index (χ0v) is 13.1. The van der Waals surface area contributed by atoms with Crippen LogP contribution in [-0.2, 0) is 16.1 Å². The maximum absolute atomic E-state index is 11.9. The largest absolute Gasteiger partial charge is 0.465 e. The van der Waals surface area contributed by atoms with Crippen molar-refractivity contribution < 1.29 is 13.9 Å². The number of fused-ring (bicyclic) bond motifs is 1. The van der Waals surface area contributed by atoms with Gasteiger partial charge in [-0.2, -0.15) is 0 Å². The van der Waals surface area contributed by atoms with Crippen molar-refractivity contribution in [3.8, 4) is 0 Å². The Morgan fingerprint density at radius 1 is 1.36 bits per heavy atom. The van der Waals surface area contributed by atoms with E-state index in [2.05, 4.69) is 16.3 Å². The first-order valence-corrected chi connectivity index (χ1v) is 8.38. The van der Waals surface area contributed by atoms with Crippen molar-refractivity contribution in [2.75, 3.05) is 13.1 Å². The summed E-state index contributed by atoms with van der Waals surface area (Å²) in [5, 5.41) is 3.05. The van der Waals surface area contributed by atoms with Crippen molar-refractivity contribution in [2.45, 2.75) is 57.4 Å². The van der Waals surface area contributed by atoms with Gasteiger partial charge < -0.3 is 14.5 Å². The molecule has 2 saturated heterocycles. The van der Waals surface area contributed by atoms with Gasteiger partial charge in [0.25, 0.3) is 0 Å². The SMILES string of the molecule is Cc1ccc(CN2C[C@@H]3C[C@H](CC(=O)NC4CC4)O[C@@H]3C2)o1. The number of aryl methyl sites for hydroxylation is 1. The van der Waals surface area contributed by atoms with Gasteiger partial charge in [0.05, 0.1) is 25.2 Å². The molecule has 0 radical (unpaired) electrons. The van der Waals surface area contributed by atoms with Crippen LogP contribution in [0.2, 0.25) is 0 Å². The van der Waals surface area contributed by atoms with E-state index in [0.717, 1.165) is 50.4 Å². The summed E-state index contributed by atoms with van der Waals surface area (Å²) in [4.78, 5) is 14.3. The van der Waals surface area contributed by atoms with Crippen LogP contribution in [0.4, 0.5) is 0 Å². The first-order chi connectivity index (χ1) is 10.7. The first-order valence-electron chi connectivity index (χ1n) is 8.38. The van der Waals surface area contributed by atoms with Crippen molar-refractivity contribution >= 4 is 5.91 Å². The minimum absolute atomic E-state index is 0.113. The molecule has 1 saturated carbocycles. The molecule has 0 spiro atoms. The second kappa shape index (κ2) is 5.70. The molecule has 1 N–H and O–H groups in total. The number of nitrogens with one attached hydrogen (secondary N) is 1. The predicted octanol–water partition coefficient (Wildman–Crippen LogP) is 1.85. The lowest BCUT2D eigenvalue weighted by molar-refractivity contribution is -0.123. The summed E-state index contributed by atoms with van der Waals surface area (Å²) in [6, 6.07) is 4.51. The van der Waals surface area contributed by atoms with Gasteiger partial charge in [-0.1, -0.05) is 0 Å². The summed E-state index contributed by atoms with van der Waals surface area (Å²) in [6.45, 7) is 4.83. The number of likely N-dealkylation sites (tertiary alicyclic amines) is 1. The highest BCUT2D eigenvalue weighted by Crippen LogP contribution is 2.35. The molecule has 5 nitrogen and oxygen atoms in total. The molecule has 22 heavy (non-hydrogen) atoms. The number of hydrogen-bond donors (Lipinski definition) is 1. The first kappa shape index (κ1) is 14.3. The number of amides is 1. The summed E-state index contributed by atoms with van der Waals surface area (Å²) in [5.41, 5.74) is 0. The Morgan fingerprint density at radius 2 is 2.23 bits per heavy atom. The monoisotopic (exact) mass is 304 g/mol. The highest BCUT2D eigenvalue weighted by atomic mass is 16.5. The van der Waals surface area contributed by atoms with Crippen LogP contribution in [-0.4, -0.2) is 42.1 Å². The molecule has 1 aromatic rings. The Kier molecular flexibility index (Phi) is 3.70. The highest BCUT2D eigenvalue weighted by Gasteiger charge is 2.42. The van der Waals surface area contributed by atoms with E-state index in [1.165, 1.54) is 0 Å². The van der Waals surface area contributed by atoms with Gasteiger partial charge in [0.1, 0.15) is 11.5 Å². The molecule has 0 unspecified atom stereocenters.